The van der Waals surface area contributed by atoms with E-state index in [2.05, 4.69) is 20.6 Å². The standard InChI is InChI=1S/C21H15F3N4O3/c22-12-4-5-13(23)19-17(12)16-11(9-30-19)18(16)28-21(29)27-15-6-3-10(8-26-15)31-14-2-1-7-25-20(14)24/h1-8,11,16,18H,9H2,(H2,26,27,28,29). The number of fused-ring (bicyclic) bond motifs is 3. The van der Waals surface area contributed by atoms with E-state index in [-0.39, 0.29) is 53.1 Å². The van der Waals surface area contributed by atoms with Gasteiger partial charge >= 0.3 is 6.03 Å². The number of ether oxygens (including phenoxy) is 2. The third kappa shape index (κ3) is 3.60. The molecular weight excluding hydrogens is 413 g/mol. The van der Waals surface area contributed by atoms with Gasteiger partial charge in [0.25, 0.3) is 5.95 Å². The highest BCUT2D eigenvalue weighted by molar-refractivity contribution is 5.89. The molecule has 0 bridgehead atoms. The molecule has 2 aromatic heterocycles. The lowest BCUT2D eigenvalue weighted by molar-refractivity contribution is 0.247. The number of urea groups is 1. The van der Waals surface area contributed by atoms with Crippen LogP contribution in [0.25, 0.3) is 0 Å². The molecule has 1 fully saturated rings. The lowest BCUT2D eigenvalue weighted by Gasteiger charge is -2.16. The Kier molecular flexibility index (Phi) is 4.61. The van der Waals surface area contributed by atoms with Crippen LogP contribution in [0.1, 0.15) is 11.5 Å². The Balaban J connectivity index is 1.21. The predicted octanol–water partition coefficient (Wildman–Crippen LogP) is 3.98. The van der Waals surface area contributed by atoms with Crippen molar-refractivity contribution in [3.8, 4) is 17.2 Å². The van der Waals surface area contributed by atoms with Crippen LogP contribution in [-0.2, 0) is 0 Å². The molecule has 5 rings (SSSR count). The number of pyridine rings is 2. The van der Waals surface area contributed by atoms with E-state index in [1.54, 1.807) is 0 Å². The number of amides is 2. The van der Waals surface area contributed by atoms with Gasteiger partial charge in [0.1, 0.15) is 17.4 Å². The van der Waals surface area contributed by atoms with Gasteiger partial charge in [0.15, 0.2) is 17.3 Å². The summed E-state index contributed by atoms with van der Waals surface area (Å²) in [6.45, 7) is 0.193. The number of nitrogens with one attached hydrogen (secondary N) is 2. The van der Waals surface area contributed by atoms with Gasteiger partial charge in [-0.25, -0.2) is 23.5 Å². The molecule has 3 unspecified atom stereocenters. The van der Waals surface area contributed by atoms with Crippen molar-refractivity contribution in [2.45, 2.75) is 12.0 Å². The molecule has 2 N–H and O–H groups in total. The SMILES string of the molecule is O=C(Nc1ccc(Oc2cccnc2F)cn1)NC1C2COc3c(F)ccc(F)c3C21. The highest BCUT2D eigenvalue weighted by atomic mass is 19.1. The quantitative estimate of drug-likeness (QED) is 0.614. The molecule has 1 aromatic carbocycles. The van der Waals surface area contributed by atoms with Gasteiger partial charge in [0.05, 0.1) is 12.8 Å². The van der Waals surface area contributed by atoms with Gasteiger partial charge in [-0.3, -0.25) is 5.32 Å². The molecule has 158 valence electrons. The maximum absolute atomic E-state index is 14.2. The lowest BCUT2D eigenvalue weighted by Crippen LogP contribution is -2.32. The number of rotatable bonds is 4. The molecule has 7 nitrogen and oxygen atoms in total. The highest BCUT2D eigenvalue weighted by Gasteiger charge is 2.57. The van der Waals surface area contributed by atoms with Crippen LogP contribution in [0.15, 0.2) is 48.8 Å². The minimum Gasteiger partial charge on any atom is -0.490 e. The van der Waals surface area contributed by atoms with E-state index >= 15 is 0 Å². The third-order valence-electron chi connectivity index (χ3n) is 5.25. The molecule has 3 aromatic rings. The topological polar surface area (TPSA) is 85.4 Å². The summed E-state index contributed by atoms with van der Waals surface area (Å²) in [7, 11) is 0. The zero-order chi connectivity index (χ0) is 21.5. The lowest BCUT2D eigenvalue weighted by atomic mass is 10.0. The van der Waals surface area contributed by atoms with Gasteiger partial charge in [-0.2, -0.15) is 4.39 Å². The Morgan fingerprint density at radius 3 is 2.71 bits per heavy atom. The van der Waals surface area contributed by atoms with Crippen molar-refractivity contribution in [2.75, 3.05) is 11.9 Å². The molecule has 2 aliphatic rings. The van der Waals surface area contributed by atoms with Crippen molar-refractivity contribution >= 4 is 11.8 Å². The fourth-order valence-electron chi connectivity index (χ4n) is 3.75. The number of hydrogen-bond donors (Lipinski definition) is 2. The van der Waals surface area contributed by atoms with Gasteiger partial charge in [-0.1, -0.05) is 0 Å². The Morgan fingerprint density at radius 2 is 1.94 bits per heavy atom. The van der Waals surface area contributed by atoms with Crippen molar-refractivity contribution in [1.82, 2.24) is 15.3 Å². The summed E-state index contributed by atoms with van der Waals surface area (Å²) in [5.74, 6) is -2.06. The average Bonchev–Trinajstić information content (AvgIpc) is 3.46. The Hall–Kier alpha value is -3.82. The summed E-state index contributed by atoms with van der Waals surface area (Å²) >= 11 is 0. The Morgan fingerprint density at radius 1 is 1.10 bits per heavy atom. The van der Waals surface area contributed by atoms with Crippen molar-refractivity contribution in [2.24, 2.45) is 5.92 Å². The van der Waals surface area contributed by atoms with E-state index in [9.17, 15) is 18.0 Å². The largest absolute Gasteiger partial charge is 0.490 e. The molecule has 0 spiro atoms. The molecule has 1 aliphatic heterocycles. The predicted molar refractivity (Wildman–Crippen MR) is 103 cm³/mol. The summed E-state index contributed by atoms with van der Waals surface area (Å²) in [4.78, 5) is 19.9. The maximum atomic E-state index is 14.2. The normalized spacial score (nSPS) is 20.7. The molecular formula is C21H15F3N4O3. The number of carbonyl (C=O) groups excluding carboxylic acids is 1. The second-order valence-corrected chi connectivity index (χ2v) is 7.17. The van der Waals surface area contributed by atoms with Crippen LogP contribution in [0.2, 0.25) is 0 Å². The number of carbonyl (C=O) groups is 1. The van der Waals surface area contributed by atoms with E-state index in [4.69, 9.17) is 9.47 Å². The first-order valence-electron chi connectivity index (χ1n) is 9.44. The molecule has 0 saturated heterocycles. The number of anilines is 1. The monoisotopic (exact) mass is 428 g/mol. The van der Waals surface area contributed by atoms with Crippen molar-refractivity contribution < 1.29 is 27.4 Å². The number of nitrogens with zero attached hydrogens (tertiary/aromatic N) is 2. The van der Waals surface area contributed by atoms with Crippen LogP contribution < -0.4 is 20.1 Å². The molecule has 3 atom stereocenters. The second kappa shape index (κ2) is 7.46. The third-order valence-corrected chi connectivity index (χ3v) is 5.25. The molecule has 0 radical (unpaired) electrons. The molecule has 10 heteroatoms. The van der Waals surface area contributed by atoms with Crippen LogP contribution >= 0.6 is 0 Å². The zero-order valence-corrected chi connectivity index (χ0v) is 15.8. The molecule has 1 saturated carbocycles. The number of hydrogen-bond acceptors (Lipinski definition) is 5. The Bertz CT molecular complexity index is 1160. The fraction of sp³-hybridized carbons (Fsp3) is 0.190. The summed E-state index contributed by atoms with van der Waals surface area (Å²) < 4.78 is 52.3. The number of aromatic nitrogens is 2. The number of benzene rings is 1. The smallest absolute Gasteiger partial charge is 0.320 e. The Labute approximate surface area is 174 Å². The number of halogens is 3. The fourth-order valence-corrected chi connectivity index (χ4v) is 3.75. The van der Waals surface area contributed by atoms with Crippen LogP contribution in [-0.4, -0.2) is 28.6 Å². The molecule has 31 heavy (non-hydrogen) atoms. The van der Waals surface area contributed by atoms with E-state index in [1.165, 1.54) is 36.7 Å². The van der Waals surface area contributed by atoms with Crippen LogP contribution in [0.3, 0.4) is 0 Å². The van der Waals surface area contributed by atoms with Gasteiger partial charge < -0.3 is 14.8 Å². The van der Waals surface area contributed by atoms with E-state index in [1.807, 2.05) is 0 Å². The zero-order valence-electron chi connectivity index (χ0n) is 15.8. The van der Waals surface area contributed by atoms with Crippen molar-refractivity contribution in [3.63, 3.8) is 0 Å². The summed E-state index contributed by atoms with van der Waals surface area (Å²) in [6.07, 6.45) is 2.62. The molecule has 2 amide bonds. The summed E-state index contributed by atoms with van der Waals surface area (Å²) in [5, 5.41) is 5.31. The van der Waals surface area contributed by atoms with Crippen molar-refractivity contribution in [3.05, 3.63) is 71.9 Å². The van der Waals surface area contributed by atoms with Gasteiger partial charge in [0.2, 0.25) is 0 Å². The first-order chi connectivity index (χ1) is 15.0. The first kappa shape index (κ1) is 19.2. The minimum atomic E-state index is -0.753. The van der Waals surface area contributed by atoms with Crippen LogP contribution in [0.4, 0.5) is 23.8 Å². The van der Waals surface area contributed by atoms with E-state index < -0.39 is 23.6 Å². The maximum Gasteiger partial charge on any atom is 0.320 e. The summed E-state index contributed by atoms with van der Waals surface area (Å²) in [6, 6.07) is 7.10. The van der Waals surface area contributed by atoms with E-state index in [0.717, 1.165) is 12.1 Å². The highest BCUT2D eigenvalue weighted by Crippen LogP contribution is 2.55. The second-order valence-electron chi connectivity index (χ2n) is 7.17. The van der Waals surface area contributed by atoms with Gasteiger partial charge in [0, 0.05) is 29.6 Å². The van der Waals surface area contributed by atoms with Crippen LogP contribution in [0.5, 0.6) is 17.2 Å². The van der Waals surface area contributed by atoms with E-state index in [0.29, 0.717) is 0 Å². The van der Waals surface area contributed by atoms with Gasteiger partial charge in [-0.05, 0) is 36.4 Å². The van der Waals surface area contributed by atoms with Crippen molar-refractivity contribution in [1.29, 1.82) is 0 Å². The molecule has 3 heterocycles. The van der Waals surface area contributed by atoms with Gasteiger partial charge in [-0.15, -0.1) is 0 Å². The average molecular weight is 428 g/mol. The minimum absolute atomic E-state index is 0.0507. The summed E-state index contributed by atoms with van der Waals surface area (Å²) in [5.41, 5.74) is 0.156. The first-order valence-corrected chi connectivity index (χ1v) is 9.44. The molecule has 1 aliphatic carbocycles. The van der Waals surface area contributed by atoms with Crippen LogP contribution in [0, 0.1) is 23.5 Å².